The van der Waals surface area contributed by atoms with Gasteiger partial charge in [-0.1, -0.05) is 6.07 Å². The average Bonchev–Trinajstić information content (AvgIpc) is 2.82. The van der Waals surface area contributed by atoms with Crippen molar-refractivity contribution in [2.45, 2.75) is 32.6 Å². The number of carbonyl (C=O) groups is 1. The molecule has 1 N–H and O–H groups in total. The van der Waals surface area contributed by atoms with Crippen molar-refractivity contribution in [1.29, 1.82) is 0 Å². The van der Waals surface area contributed by atoms with Crippen LogP contribution in [0.1, 0.15) is 29.8 Å². The zero-order chi connectivity index (χ0) is 24.2. The normalized spacial score (nSPS) is 20.8. The fourth-order valence-corrected chi connectivity index (χ4v) is 4.47. The highest BCUT2D eigenvalue weighted by atomic mass is 19.1. The number of benzene rings is 2. The first-order chi connectivity index (χ1) is 16.3. The second-order valence-electron chi connectivity index (χ2n) is 8.69. The number of rotatable bonds is 6. The third kappa shape index (κ3) is 5.45. The molecule has 4 rings (SSSR count). The maximum absolute atomic E-state index is 14.9. The Morgan fingerprint density at radius 2 is 1.76 bits per heavy atom. The summed E-state index contributed by atoms with van der Waals surface area (Å²) in [6, 6.07) is 9.18. The van der Waals surface area contributed by atoms with E-state index in [2.05, 4.69) is 5.32 Å². The van der Waals surface area contributed by atoms with Gasteiger partial charge in [-0.3, -0.25) is 14.9 Å². The van der Waals surface area contributed by atoms with Crippen molar-refractivity contribution in [2.75, 3.05) is 49.2 Å². The second-order valence-corrected chi connectivity index (χ2v) is 8.69. The number of ether oxygens (including phenoxy) is 2. The quantitative estimate of drug-likeness (QED) is 0.510. The summed E-state index contributed by atoms with van der Waals surface area (Å²) < 4.78 is 26.0. The number of non-ortho nitro benzene ring substituents is 1. The number of nitro groups is 1. The lowest BCUT2D eigenvalue weighted by Gasteiger charge is -2.37. The van der Waals surface area contributed by atoms with Crippen molar-refractivity contribution in [3.8, 4) is 0 Å². The van der Waals surface area contributed by atoms with Crippen LogP contribution in [0.5, 0.6) is 0 Å². The lowest BCUT2D eigenvalue weighted by Crippen LogP contribution is -2.45. The molecule has 0 saturated carbocycles. The summed E-state index contributed by atoms with van der Waals surface area (Å²) in [5.74, 6) is -0.817. The van der Waals surface area contributed by atoms with E-state index < -0.39 is 10.8 Å². The summed E-state index contributed by atoms with van der Waals surface area (Å²) in [5.41, 5.74) is 1.77. The summed E-state index contributed by atoms with van der Waals surface area (Å²) in [7, 11) is 0. The fourth-order valence-electron chi connectivity index (χ4n) is 4.47. The summed E-state index contributed by atoms with van der Waals surface area (Å²) in [6.45, 7) is 7.44. The first-order valence-electron chi connectivity index (χ1n) is 11.4. The summed E-state index contributed by atoms with van der Waals surface area (Å²) >= 11 is 0. The minimum atomic E-state index is -0.526. The van der Waals surface area contributed by atoms with Gasteiger partial charge in [0.2, 0.25) is 0 Å². The molecule has 0 radical (unpaired) electrons. The van der Waals surface area contributed by atoms with Crippen molar-refractivity contribution in [3.63, 3.8) is 0 Å². The summed E-state index contributed by atoms with van der Waals surface area (Å²) in [6.07, 6.45) is 0.0235. The Morgan fingerprint density at radius 1 is 1.09 bits per heavy atom. The van der Waals surface area contributed by atoms with Crippen LogP contribution in [0, 0.1) is 15.9 Å². The van der Waals surface area contributed by atoms with E-state index in [1.54, 1.807) is 18.2 Å². The standard InChI is InChI=1S/C24H29FN4O5/c1-16-14-28(15-17(2)34-16)23-5-3-18(11-21(23)25)13-26-24(30)20-12-19(29(31)32)4-6-22(20)27-7-9-33-10-8-27/h3-6,11-12,16-17H,7-10,13-15H2,1-2H3,(H,26,30). The maximum atomic E-state index is 14.9. The van der Waals surface area contributed by atoms with Crippen LogP contribution in [0.3, 0.4) is 0 Å². The molecule has 2 aliphatic heterocycles. The van der Waals surface area contributed by atoms with Gasteiger partial charge in [-0.2, -0.15) is 0 Å². The highest BCUT2D eigenvalue weighted by Crippen LogP contribution is 2.27. The predicted octanol–water partition coefficient (Wildman–Crippen LogP) is 3.11. The first-order valence-corrected chi connectivity index (χ1v) is 11.4. The van der Waals surface area contributed by atoms with E-state index in [-0.39, 0.29) is 35.8 Å². The Morgan fingerprint density at radius 3 is 2.41 bits per heavy atom. The molecule has 2 saturated heterocycles. The molecule has 2 atom stereocenters. The molecule has 0 spiro atoms. The Hall–Kier alpha value is -3.24. The van der Waals surface area contributed by atoms with Gasteiger partial charge in [-0.25, -0.2) is 4.39 Å². The number of nitrogens with one attached hydrogen (secondary N) is 1. The second kappa shape index (κ2) is 10.4. The molecule has 9 nitrogen and oxygen atoms in total. The summed E-state index contributed by atoms with van der Waals surface area (Å²) in [5, 5.41) is 14.1. The van der Waals surface area contributed by atoms with E-state index in [9.17, 15) is 19.3 Å². The van der Waals surface area contributed by atoms with Crippen LogP contribution in [0.4, 0.5) is 21.5 Å². The zero-order valence-electron chi connectivity index (χ0n) is 19.3. The van der Waals surface area contributed by atoms with Gasteiger partial charge < -0.3 is 24.6 Å². The molecule has 0 aromatic heterocycles. The van der Waals surface area contributed by atoms with Crippen molar-refractivity contribution in [3.05, 3.63) is 63.5 Å². The van der Waals surface area contributed by atoms with Crippen LogP contribution in [0.2, 0.25) is 0 Å². The van der Waals surface area contributed by atoms with Crippen LogP contribution in [-0.2, 0) is 16.0 Å². The summed E-state index contributed by atoms with van der Waals surface area (Å²) in [4.78, 5) is 27.7. The fraction of sp³-hybridized carbons (Fsp3) is 0.458. The number of hydrogen-bond donors (Lipinski definition) is 1. The molecule has 2 aliphatic rings. The third-order valence-electron chi connectivity index (χ3n) is 6.01. The molecule has 2 heterocycles. The Labute approximate surface area is 197 Å². The SMILES string of the molecule is CC1CN(c2ccc(CNC(=O)c3cc([N+](=O)[O-])ccc3N3CCOCC3)cc2F)CC(C)O1. The predicted molar refractivity (Wildman–Crippen MR) is 126 cm³/mol. The molecule has 0 bridgehead atoms. The van der Waals surface area contributed by atoms with E-state index in [1.807, 2.05) is 23.6 Å². The number of nitrogens with zero attached hydrogens (tertiary/aromatic N) is 3. The van der Waals surface area contributed by atoms with Crippen LogP contribution < -0.4 is 15.1 Å². The van der Waals surface area contributed by atoms with Crippen molar-refractivity contribution in [2.24, 2.45) is 0 Å². The van der Waals surface area contributed by atoms with E-state index in [1.165, 1.54) is 18.2 Å². The number of halogens is 1. The van der Waals surface area contributed by atoms with Gasteiger partial charge in [0, 0.05) is 44.9 Å². The number of amides is 1. The van der Waals surface area contributed by atoms with Gasteiger partial charge in [0.1, 0.15) is 5.82 Å². The monoisotopic (exact) mass is 472 g/mol. The van der Waals surface area contributed by atoms with Gasteiger partial charge in [0.05, 0.1) is 47.3 Å². The smallest absolute Gasteiger partial charge is 0.270 e. The number of hydrogen-bond acceptors (Lipinski definition) is 7. The molecular weight excluding hydrogens is 443 g/mol. The van der Waals surface area contributed by atoms with Crippen LogP contribution in [0.25, 0.3) is 0 Å². The van der Waals surface area contributed by atoms with E-state index in [0.29, 0.717) is 56.3 Å². The van der Waals surface area contributed by atoms with Crippen molar-refractivity contribution >= 4 is 23.0 Å². The first kappa shape index (κ1) is 23.9. The van der Waals surface area contributed by atoms with Crippen LogP contribution in [0.15, 0.2) is 36.4 Å². The molecule has 1 amide bonds. The molecule has 2 aromatic carbocycles. The highest BCUT2D eigenvalue weighted by Gasteiger charge is 2.25. The maximum Gasteiger partial charge on any atom is 0.270 e. The largest absolute Gasteiger partial charge is 0.378 e. The number of nitro benzene ring substituents is 1. The van der Waals surface area contributed by atoms with Crippen LogP contribution >= 0.6 is 0 Å². The number of morpholine rings is 2. The van der Waals surface area contributed by atoms with Crippen LogP contribution in [-0.4, -0.2) is 62.4 Å². The van der Waals surface area contributed by atoms with Gasteiger partial charge in [-0.05, 0) is 37.6 Å². The zero-order valence-corrected chi connectivity index (χ0v) is 19.3. The highest BCUT2D eigenvalue weighted by molar-refractivity contribution is 6.00. The Bertz CT molecular complexity index is 1050. The Balaban J connectivity index is 1.48. The number of anilines is 2. The minimum Gasteiger partial charge on any atom is -0.378 e. The molecular formula is C24H29FN4O5. The topological polar surface area (TPSA) is 97.2 Å². The van der Waals surface area contributed by atoms with E-state index in [0.717, 1.165) is 0 Å². The molecule has 2 aromatic rings. The molecule has 2 unspecified atom stereocenters. The van der Waals surface area contributed by atoms with Gasteiger partial charge >= 0.3 is 0 Å². The molecule has 2 fully saturated rings. The van der Waals surface area contributed by atoms with Crippen molar-refractivity contribution in [1.82, 2.24) is 5.32 Å². The molecule has 10 heteroatoms. The lowest BCUT2D eigenvalue weighted by atomic mass is 10.1. The molecule has 182 valence electrons. The van der Waals surface area contributed by atoms with Gasteiger partial charge in [0.15, 0.2) is 0 Å². The average molecular weight is 473 g/mol. The minimum absolute atomic E-state index is 0.0118. The molecule has 0 aliphatic carbocycles. The van der Waals surface area contributed by atoms with Gasteiger partial charge in [-0.15, -0.1) is 0 Å². The van der Waals surface area contributed by atoms with E-state index >= 15 is 0 Å². The lowest BCUT2D eigenvalue weighted by molar-refractivity contribution is -0.384. The molecule has 34 heavy (non-hydrogen) atoms. The third-order valence-corrected chi connectivity index (χ3v) is 6.01. The van der Waals surface area contributed by atoms with E-state index in [4.69, 9.17) is 9.47 Å². The number of carbonyl (C=O) groups excluding carboxylic acids is 1. The van der Waals surface area contributed by atoms with Gasteiger partial charge in [0.25, 0.3) is 11.6 Å². The Kier molecular flexibility index (Phi) is 7.28. The van der Waals surface area contributed by atoms with Crippen molar-refractivity contribution < 1.29 is 23.6 Å².